The number of carbonyl (C=O) groups is 1. The molecule has 4 heterocycles. The minimum Gasteiger partial charge on any atom is -0.456 e. The van der Waals surface area contributed by atoms with E-state index in [1.807, 2.05) is 18.2 Å². The summed E-state index contributed by atoms with van der Waals surface area (Å²) in [6, 6.07) is 0. The van der Waals surface area contributed by atoms with Crippen LogP contribution in [0.15, 0.2) is 60.3 Å². The molecule has 0 aliphatic carbocycles. The van der Waals surface area contributed by atoms with Crippen LogP contribution in [0.4, 0.5) is 0 Å². The van der Waals surface area contributed by atoms with Gasteiger partial charge in [0.2, 0.25) is 0 Å². The van der Waals surface area contributed by atoms with Crippen LogP contribution in [-0.4, -0.2) is 71.6 Å². The summed E-state index contributed by atoms with van der Waals surface area (Å²) in [5.41, 5.74) is 2.15. The molecule has 1 saturated heterocycles. The van der Waals surface area contributed by atoms with Crippen LogP contribution in [0, 0.1) is 5.92 Å². The van der Waals surface area contributed by atoms with Crippen molar-refractivity contribution in [2.24, 2.45) is 5.92 Å². The fourth-order valence-corrected chi connectivity index (χ4v) is 5.62. The van der Waals surface area contributed by atoms with Gasteiger partial charge in [0.25, 0.3) is 0 Å². The van der Waals surface area contributed by atoms with E-state index < -0.39 is 36.5 Å². The van der Waals surface area contributed by atoms with Gasteiger partial charge in [0, 0.05) is 12.5 Å². The number of ether oxygens (including phenoxy) is 4. The molecule has 4 aliphatic rings. The molecule has 4 rings (SSSR count). The molecule has 0 spiro atoms. The maximum Gasteiger partial charge on any atom is 0.330 e. The number of aliphatic hydroxyl groups excluding tert-OH is 2. The lowest BCUT2D eigenvalue weighted by atomic mass is 9.90. The molecule has 9 atom stereocenters. The highest BCUT2D eigenvalue weighted by molar-refractivity contribution is 5.82. The standard InChI is InChI=1S/C30H42O7/c1-19-12-13-34-23(15-19)10-11-26-27-18-28(36-26)30(33)25(31)17-21(3)14-20(2)16-24-8-4-6-22(35-24)7-5-9-29(32)37-27/h4-6,9-12,20,22-28,30-31,33H,3,7-8,13-18H2,1-2H3/b9-5+,11-10+/t20?,22?,23?,24?,25-,26-,27-,28+,30-/m0/s1. The number of hydrogen-bond donors (Lipinski definition) is 2. The van der Waals surface area contributed by atoms with Crippen molar-refractivity contribution in [2.45, 2.75) is 108 Å². The second-order valence-corrected chi connectivity index (χ2v) is 11.0. The molecule has 4 aliphatic heterocycles. The van der Waals surface area contributed by atoms with Crippen molar-refractivity contribution < 1.29 is 34.0 Å². The van der Waals surface area contributed by atoms with Gasteiger partial charge in [0.05, 0.1) is 37.1 Å². The zero-order valence-electron chi connectivity index (χ0n) is 22.0. The number of carbonyl (C=O) groups excluding carboxylic acids is 1. The monoisotopic (exact) mass is 514 g/mol. The molecular weight excluding hydrogens is 472 g/mol. The van der Waals surface area contributed by atoms with E-state index in [2.05, 4.69) is 32.6 Å². The van der Waals surface area contributed by atoms with Crippen molar-refractivity contribution >= 4 is 5.97 Å². The molecule has 0 amide bonds. The van der Waals surface area contributed by atoms with Crippen LogP contribution < -0.4 is 0 Å². The smallest absolute Gasteiger partial charge is 0.330 e. The summed E-state index contributed by atoms with van der Waals surface area (Å²) in [6.07, 6.45) is 13.7. The normalized spacial score (nSPS) is 41.1. The van der Waals surface area contributed by atoms with Crippen molar-refractivity contribution in [1.82, 2.24) is 0 Å². The van der Waals surface area contributed by atoms with Crippen molar-refractivity contribution in [3.63, 3.8) is 0 Å². The highest BCUT2D eigenvalue weighted by Gasteiger charge is 2.42. The number of fused-ring (bicyclic) bond motifs is 4. The Morgan fingerprint density at radius 1 is 1.03 bits per heavy atom. The van der Waals surface area contributed by atoms with Crippen molar-refractivity contribution in [2.75, 3.05) is 6.61 Å². The number of hydrogen-bond acceptors (Lipinski definition) is 7. The van der Waals surface area contributed by atoms with Crippen molar-refractivity contribution in [3.05, 3.63) is 60.3 Å². The van der Waals surface area contributed by atoms with Crippen LogP contribution in [0.3, 0.4) is 0 Å². The first-order valence-corrected chi connectivity index (χ1v) is 13.6. The molecule has 37 heavy (non-hydrogen) atoms. The average molecular weight is 515 g/mol. The van der Waals surface area contributed by atoms with Gasteiger partial charge in [0.1, 0.15) is 18.3 Å². The van der Waals surface area contributed by atoms with Crippen LogP contribution in [-0.2, 0) is 23.7 Å². The topological polar surface area (TPSA) is 94.5 Å². The van der Waals surface area contributed by atoms with Gasteiger partial charge in [-0.15, -0.1) is 0 Å². The Morgan fingerprint density at radius 3 is 2.68 bits per heavy atom. The van der Waals surface area contributed by atoms with E-state index in [-0.39, 0.29) is 31.2 Å². The quantitative estimate of drug-likeness (QED) is 0.423. The van der Waals surface area contributed by atoms with Gasteiger partial charge in [-0.1, -0.05) is 61.1 Å². The maximum atomic E-state index is 12.7. The summed E-state index contributed by atoms with van der Waals surface area (Å²) in [6.45, 7) is 8.95. The van der Waals surface area contributed by atoms with Crippen LogP contribution in [0.2, 0.25) is 0 Å². The number of rotatable bonds is 2. The molecule has 4 unspecified atom stereocenters. The molecule has 204 valence electrons. The molecule has 7 nitrogen and oxygen atoms in total. The first-order valence-electron chi connectivity index (χ1n) is 13.6. The molecule has 0 saturated carbocycles. The molecule has 0 aromatic rings. The lowest BCUT2D eigenvalue weighted by molar-refractivity contribution is -0.144. The van der Waals surface area contributed by atoms with Crippen molar-refractivity contribution in [1.29, 1.82) is 0 Å². The zero-order chi connectivity index (χ0) is 26.4. The first kappa shape index (κ1) is 28.0. The minimum atomic E-state index is -1.12. The Morgan fingerprint density at radius 2 is 1.86 bits per heavy atom. The van der Waals surface area contributed by atoms with Gasteiger partial charge in [-0.05, 0) is 51.4 Å². The number of esters is 1. The fraction of sp³-hybridized carbons (Fsp3) is 0.633. The van der Waals surface area contributed by atoms with E-state index in [0.29, 0.717) is 18.9 Å². The van der Waals surface area contributed by atoms with Crippen LogP contribution >= 0.6 is 0 Å². The van der Waals surface area contributed by atoms with Crippen LogP contribution in [0.25, 0.3) is 0 Å². The van der Waals surface area contributed by atoms with Gasteiger partial charge < -0.3 is 29.2 Å². The van der Waals surface area contributed by atoms with E-state index in [0.717, 1.165) is 31.3 Å². The maximum absolute atomic E-state index is 12.7. The third-order valence-corrected chi connectivity index (χ3v) is 7.53. The third-order valence-electron chi connectivity index (χ3n) is 7.53. The predicted octanol–water partition coefficient (Wildman–Crippen LogP) is 4.11. The summed E-state index contributed by atoms with van der Waals surface area (Å²) >= 11 is 0. The first-order chi connectivity index (χ1) is 17.8. The highest BCUT2D eigenvalue weighted by Crippen LogP contribution is 2.31. The molecule has 2 N–H and O–H groups in total. The Labute approximate surface area is 220 Å². The Balaban J connectivity index is 1.49. The van der Waals surface area contributed by atoms with Crippen LogP contribution in [0.1, 0.15) is 58.8 Å². The SMILES string of the molecule is C=C1CC(C)CC2CC=CC(C/C=C/C(=O)O[C@H]3C[C@@H](O[C@H]3/C=C/C3CC(C)=CCO3)[C@@H](O)[C@@H](O)C1)O2. The van der Waals surface area contributed by atoms with E-state index in [1.165, 1.54) is 11.6 Å². The Kier molecular flexibility index (Phi) is 9.96. The summed E-state index contributed by atoms with van der Waals surface area (Å²) < 4.78 is 23.9. The Bertz CT molecular complexity index is 919. The zero-order valence-corrected chi connectivity index (χ0v) is 22.0. The molecule has 0 aromatic heterocycles. The van der Waals surface area contributed by atoms with Gasteiger partial charge in [0.15, 0.2) is 0 Å². The lowest BCUT2D eigenvalue weighted by Gasteiger charge is -2.28. The molecule has 0 radical (unpaired) electrons. The summed E-state index contributed by atoms with van der Waals surface area (Å²) in [7, 11) is 0. The van der Waals surface area contributed by atoms with E-state index in [4.69, 9.17) is 18.9 Å². The average Bonchev–Trinajstić information content (AvgIpc) is 3.24. The molecule has 7 heteroatoms. The van der Waals surface area contributed by atoms with Gasteiger partial charge in [-0.3, -0.25) is 0 Å². The fourth-order valence-electron chi connectivity index (χ4n) is 5.62. The Hall–Kier alpha value is -2.03. The molecule has 4 bridgehead atoms. The van der Waals surface area contributed by atoms with Crippen LogP contribution in [0.5, 0.6) is 0 Å². The largest absolute Gasteiger partial charge is 0.456 e. The van der Waals surface area contributed by atoms with Crippen molar-refractivity contribution in [3.8, 4) is 0 Å². The molecule has 1 fully saturated rings. The summed E-state index contributed by atoms with van der Waals surface area (Å²) in [5, 5.41) is 21.7. The highest BCUT2D eigenvalue weighted by atomic mass is 16.6. The minimum absolute atomic E-state index is 0.0723. The third kappa shape index (κ3) is 8.23. The summed E-state index contributed by atoms with van der Waals surface area (Å²) in [5.74, 6) is -0.129. The predicted molar refractivity (Wildman–Crippen MR) is 141 cm³/mol. The van der Waals surface area contributed by atoms with Gasteiger partial charge in [-0.2, -0.15) is 0 Å². The summed E-state index contributed by atoms with van der Waals surface area (Å²) in [4.78, 5) is 12.7. The molecular formula is C30H42O7. The van der Waals surface area contributed by atoms with E-state index >= 15 is 0 Å². The second-order valence-electron chi connectivity index (χ2n) is 11.0. The lowest BCUT2D eigenvalue weighted by Crippen LogP contribution is -2.37. The number of aliphatic hydroxyl groups is 2. The van der Waals surface area contributed by atoms with Gasteiger partial charge in [-0.25, -0.2) is 4.79 Å². The molecule has 0 aromatic carbocycles. The van der Waals surface area contributed by atoms with E-state index in [9.17, 15) is 15.0 Å². The second kappa shape index (κ2) is 13.2. The van der Waals surface area contributed by atoms with Gasteiger partial charge >= 0.3 is 5.97 Å². The van der Waals surface area contributed by atoms with E-state index in [1.54, 1.807) is 6.08 Å².